The average molecular weight is 264 g/mol. The van der Waals surface area contributed by atoms with E-state index in [1.54, 1.807) is 7.11 Å². The van der Waals surface area contributed by atoms with E-state index < -0.39 is 0 Å². The SMILES string of the molecule is COc1cc(N)cc(N2CCC3(CC2)OCCO3)c1. The lowest BCUT2D eigenvalue weighted by Crippen LogP contribution is -2.45. The smallest absolute Gasteiger partial charge is 0.171 e. The summed E-state index contributed by atoms with van der Waals surface area (Å²) < 4.78 is 16.7. The highest BCUT2D eigenvalue weighted by atomic mass is 16.7. The van der Waals surface area contributed by atoms with Crippen molar-refractivity contribution < 1.29 is 14.2 Å². The third-order valence-electron chi connectivity index (χ3n) is 3.85. The van der Waals surface area contributed by atoms with Gasteiger partial charge in [-0.25, -0.2) is 0 Å². The van der Waals surface area contributed by atoms with Crippen LogP contribution < -0.4 is 15.4 Å². The van der Waals surface area contributed by atoms with Crippen LogP contribution in [0.1, 0.15) is 12.8 Å². The van der Waals surface area contributed by atoms with Crippen LogP contribution in [0.25, 0.3) is 0 Å². The van der Waals surface area contributed by atoms with Gasteiger partial charge in [-0.2, -0.15) is 0 Å². The van der Waals surface area contributed by atoms with Crippen molar-refractivity contribution in [3.63, 3.8) is 0 Å². The van der Waals surface area contributed by atoms with Gasteiger partial charge in [0.25, 0.3) is 0 Å². The van der Waals surface area contributed by atoms with Gasteiger partial charge in [-0.15, -0.1) is 0 Å². The molecule has 0 amide bonds. The van der Waals surface area contributed by atoms with E-state index >= 15 is 0 Å². The number of methoxy groups -OCH3 is 1. The summed E-state index contributed by atoms with van der Waals surface area (Å²) in [6, 6.07) is 5.83. The van der Waals surface area contributed by atoms with Crippen molar-refractivity contribution in [1.82, 2.24) is 0 Å². The summed E-state index contributed by atoms with van der Waals surface area (Å²) in [5.74, 6) is 0.463. The molecule has 0 bridgehead atoms. The summed E-state index contributed by atoms with van der Waals surface area (Å²) in [5, 5.41) is 0. The Bertz CT molecular complexity index is 448. The molecule has 104 valence electrons. The quantitative estimate of drug-likeness (QED) is 0.823. The van der Waals surface area contributed by atoms with E-state index in [1.807, 2.05) is 18.2 Å². The predicted molar refractivity (Wildman–Crippen MR) is 73.5 cm³/mol. The zero-order valence-electron chi connectivity index (χ0n) is 11.2. The number of nitrogen functional groups attached to an aromatic ring is 1. The van der Waals surface area contributed by atoms with Gasteiger partial charge < -0.3 is 24.8 Å². The van der Waals surface area contributed by atoms with E-state index in [0.29, 0.717) is 13.2 Å². The zero-order chi connectivity index (χ0) is 13.3. The number of anilines is 2. The lowest BCUT2D eigenvalue weighted by atomic mass is 10.0. The Balaban J connectivity index is 1.72. The van der Waals surface area contributed by atoms with Crippen LogP contribution in [0.3, 0.4) is 0 Å². The van der Waals surface area contributed by atoms with Crippen LogP contribution in [0.4, 0.5) is 11.4 Å². The Labute approximate surface area is 113 Å². The number of nitrogens with two attached hydrogens (primary N) is 1. The molecule has 2 N–H and O–H groups in total. The van der Waals surface area contributed by atoms with Crippen molar-refractivity contribution >= 4 is 11.4 Å². The largest absolute Gasteiger partial charge is 0.497 e. The molecule has 19 heavy (non-hydrogen) atoms. The summed E-state index contributed by atoms with van der Waals surface area (Å²) in [4.78, 5) is 2.30. The third kappa shape index (κ3) is 2.48. The Kier molecular flexibility index (Phi) is 3.24. The average Bonchev–Trinajstić information content (AvgIpc) is 2.87. The number of nitrogens with zero attached hydrogens (tertiary/aromatic N) is 1. The summed E-state index contributed by atoms with van der Waals surface area (Å²) in [6.07, 6.45) is 1.79. The molecule has 0 radical (unpaired) electrons. The monoisotopic (exact) mass is 264 g/mol. The van der Waals surface area contributed by atoms with Crippen LogP contribution >= 0.6 is 0 Å². The number of hydrogen-bond acceptors (Lipinski definition) is 5. The van der Waals surface area contributed by atoms with Gasteiger partial charge in [-0.3, -0.25) is 0 Å². The molecule has 2 heterocycles. The van der Waals surface area contributed by atoms with Gasteiger partial charge in [-0.1, -0.05) is 0 Å². The molecule has 0 atom stereocenters. The Morgan fingerprint density at radius 1 is 1.16 bits per heavy atom. The number of piperidine rings is 1. The number of ether oxygens (including phenoxy) is 3. The van der Waals surface area contributed by atoms with Crippen molar-refractivity contribution in [3.05, 3.63) is 18.2 Å². The standard InChI is InChI=1S/C14H20N2O3/c1-17-13-9-11(15)8-12(10-13)16-4-2-14(3-5-16)18-6-7-19-14/h8-10H,2-7,15H2,1H3. The Morgan fingerprint density at radius 3 is 2.47 bits per heavy atom. The highest BCUT2D eigenvalue weighted by molar-refractivity contribution is 5.60. The Hall–Kier alpha value is -1.46. The molecule has 0 aliphatic carbocycles. The van der Waals surface area contributed by atoms with Gasteiger partial charge in [0, 0.05) is 49.4 Å². The Morgan fingerprint density at radius 2 is 1.84 bits per heavy atom. The number of rotatable bonds is 2. The summed E-state index contributed by atoms with van der Waals surface area (Å²) in [5.41, 5.74) is 7.73. The molecule has 5 nitrogen and oxygen atoms in total. The molecule has 0 saturated carbocycles. The van der Waals surface area contributed by atoms with Crippen LogP contribution in [0.5, 0.6) is 5.75 Å². The predicted octanol–water partition coefficient (Wildman–Crippen LogP) is 1.62. The van der Waals surface area contributed by atoms with Crippen molar-refractivity contribution in [3.8, 4) is 5.75 Å². The highest BCUT2D eigenvalue weighted by Gasteiger charge is 2.39. The van der Waals surface area contributed by atoms with Crippen LogP contribution in [0, 0.1) is 0 Å². The minimum atomic E-state index is -0.332. The molecule has 0 unspecified atom stereocenters. The minimum Gasteiger partial charge on any atom is -0.497 e. The van der Waals surface area contributed by atoms with Gasteiger partial charge in [0.05, 0.1) is 20.3 Å². The van der Waals surface area contributed by atoms with Gasteiger partial charge in [0.1, 0.15) is 5.75 Å². The second-order valence-corrected chi connectivity index (χ2v) is 5.06. The molecular formula is C14H20N2O3. The zero-order valence-corrected chi connectivity index (χ0v) is 11.2. The minimum absolute atomic E-state index is 0.332. The first-order valence-electron chi connectivity index (χ1n) is 6.68. The maximum absolute atomic E-state index is 5.90. The van der Waals surface area contributed by atoms with Crippen LogP contribution in [-0.2, 0) is 9.47 Å². The van der Waals surface area contributed by atoms with Crippen LogP contribution in [0.15, 0.2) is 18.2 Å². The van der Waals surface area contributed by atoms with Crippen LogP contribution in [-0.4, -0.2) is 39.2 Å². The molecule has 2 saturated heterocycles. The molecular weight excluding hydrogens is 244 g/mol. The van der Waals surface area contributed by atoms with Crippen molar-refractivity contribution in [2.45, 2.75) is 18.6 Å². The second kappa shape index (κ2) is 4.90. The van der Waals surface area contributed by atoms with E-state index in [4.69, 9.17) is 19.9 Å². The number of hydrogen-bond donors (Lipinski definition) is 1. The molecule has 2 aliphatic rings. The summed E-state index contributed by atoms with van der Waals surface area (Å²) in [7, 11) is 1.66. The molecule has 1 spiro atoms. The normalized spacial score (nSPS) is 21.8. The first kappa shape index (κ1) is 12.6. The van der Waals surface area contributed by atoms with Crippen molar-refractivity contribution in [2.75, 3.05) is 44.0 Å². The molecule has 3 rings (SSSR count). The van der Waals surface area contributed by atoms with E-state index in [0.717, 1.165) is 43.1 Å². The van der Waals surface area contributed by atoms with E-state index in [2.05, 4.69) is 4.90 Å². The molecule has 5 heteroatoms. The fraction of sp³-hybridized carbons (Fsp3) is 0.571. The van der Waals surface area contributed by atoms with Gasteiger partial charge >= 0.3 is 0 Å². The van der Waals surface area contributed by atoms with E-state index in [1.165, 1.54) is 0 Å². The lowest BCUT2D eigenvalue weighted by Gasteiger charge is -2.38. The first-order chi connectivity index (χ1) is 9.21. The molecule has 1 aromatic carbocycles. The summed E-state index contributed by atoms with van der Waals surface area (Å²) >= 11 is 0. The maximum Gasteiger partial charge on any atom is 0.171 e. The first-order valence-corrected chi connectivity index (χ1v) is 6.68. The number of benzene rings is 1. The maximum atomic E-state index is 5.90. The fourth-order valence-electron chi connectivity index (χ4n) is 2.80. The topological polar surface area (TPSA) is 57.0 Å². The molecule has 1 aromatic rings. The van der Waals surface area contributed by atoms with Gasteiger partial charge in [-0.05, 0) is 6.07 Å². The highest BCUT2D eigenvalue weighted by Crippen LogP contribution is 2.34. The van der Waals surface area contributed by atoms with Crippen LogP contribution in [0.2, 0.25) is 0 Å². The molecule has 2 aliphatic heterocycles. The third-order valence-corrected chi connectivity index (χ3v) is 3.85. The fourth-order valence-corrected chi connectivity index (χ4v) is 2.80. The summed E-state index contributed by atoms with van der Waals surface area (Å²) in [6.45, 7) is 3.25. The van der Waals surface area contributed by atoms with Crippen molar-refractivity contribution in [2.24, 2.45) is 0 Å². The van der Waals surface area contributed by atoms with Gasteiger partial charge in [0.15, 0.2) is 5.79 Å². The van der Waals surface area contributed by atoms with E-state index in [-0.39, 0.29) is 5.79 Å². The second-order valence-electron chi connectivity index (χ2n) is 5.06. The molecule has 0 aromatic heterocycles. The van der Waals surface area contributed by atoms with E-state index in [9.17, 15) is 0 Å². The van der Waals surface area contributed by atoms with Crippen molar-refractivity contribution in [1.29, 1.82) is 0 Å². The van der Waals surface area contributed by atoms with Gasteiger partial charge in [0.2, 0.25) is 0 Å². The lowest BCUT2D eigenvalue weighted by molar-refractivity contribution is -0.169. The molecule has 2 fully saturated rings.